The lowest BCUT2D eigenvalue weighted by atomic mass is 9.93. The van der Waals surface area contributed by atoms with Crippen LogP contribution in [0.1, 0.15) is 20.8 Å². The molecule has 6 rings (SSSR count). The minimum absolute atomic E-state index is 0.601. The number of ether oxygens (including phenoxy) is 11. The van der Waals surface area contributed by atoms with E-state index >= 15 is 0 Å². The summed E-state index contributed by atoms with van der Waals surface area (Å²) in [6.45, 7) is -0.861. The highest BCUT2D eigenvalue weighted by atomic mass is 16.8. The van der Waals surface area contributed by atoms with Gasteiger partial charge in [0, 0.05) is 13.8 Å². The van der Waals surface area contributed by atoms with Crippen LogP contribution >= 0.6 is 0 Å². The molecule has 6 saturated heterocycles. The van der Waals surface area contributed by atoms with Crippen molar-refractivity contribution in [1.82, 2.24) is 10.6 Å². The maximum atomic E-state index is 12.8. The predicted octanol–water partition coefficient (Wildman–Crippen LogP) is -12.1. The van der Waals surface area contributed by atoms with Crippen LogP contribution in [0.25, 0.3) is 0 Å². The number of carbonyl (C=O) groups is 2. The molecule has 0 aromatic heterocycles. The molecule has 6 heterocycles. The molecular weight excluding hydrogens is 960 g/mol. The second-order valence-electron chi connectivity index (χ2n) is 17.8. The maximum Gasteiger partial charge on any atom is 0.217 e. The van der Waals surface area contributed by atoms with E-state index in [0.29, 0.717) is 0 Å². The minimum Gasteiger partial charge on any atom is -0.394 e. The molecule has 406 valence electrons. The summed E-state index contributed by atoms with van der Waals surface area (Å²) in [5, 5.41) is 175. The summed E-state index contributed by atoms with van der Waals surface area (Å²) in [7, 11) is 0. The van der Waals surface area contributed by atoms with Crippen molar-refractivity contribution in [1.29, 1.82) is 0 Å². The highest BCUT2D eigenvalue weighted by Gasteiger charge is 2.57. The lowest BCUT2D eigenvalue weighted by Gasteiger charge is -2.51. The number of carbonyl (C=O) groups excluding carboxylic acids is 2. The Bertz CT molecular complexity index is 1680. The van der Waals surface area contributed by atoms with Crippen LogP contribution in [0.3, 0.4) is 0 Å². The summed E-state index contributed by atoms with van der Waals surface area (Å²) in [6, 6.07) is -3.40. The average molecular weight is 1030 g/mol. The summed E-state index contributed by atoms with van der Waals surface area (Å²) in [6.07, 6.45) is -49.1. The van der Waals surface area contributed by atoms with E-state index in [1.807, 2.05) is 0 Å². The number of aliphatic hydroxyl groups excluding tert-OH is 16. The van der Waals surface area contributed by atoms with Crippen molar-refractivity contribution < 1.29 is 143 Å². The van der Waals surface area contributed by atoms with Gasteiger partial charge in [-0.05, 0) is 6.92 Å². The highest BCUT2D eigenvalue weighted by Crippen LogP contribution is 2.36. The Morgan fingerprint density at radius 2 is 0.957 bits per heavy atom. The van der Waals surface area contributed by atoms with Gasteiger partial charge in [0.25, 0.3) is 0 Å². The monoisotopic (exact) mass is 1030 g/mol. The molecule has 0 saturated carbocycles. The summed E-state index contributed by atoms with van der Waals surface area (Å²) < 4.78 is 63.5. The maximum absolute atomic E-state index is 12.8. The van der Waals surface area contributed by atoms with Crippen molar-refractivity contribution in [2.24, 2.45) is 0 Å². The molecule has 70 heavy (non-hydrogen) atoms. The van der Waals surface area contributed by atoms with Crippen molar-refractivity contribution in [3.63, 3.8) is 0 Å². The van der Waals surface area contributed by atoms with Gasteiger partial charge in [0.15, 0.2) is 37.7 Å². The molecule has 2 amide bonds. The molecule has 0 bridgehead atoms. The van der Waals surface area contributed by atoms with Gasteiger partial charge < -0.3 is 144 Å². The van der Waals surface area contributed by atoms with Gasteiger partial charge in [0.2, 0.25) is 11.8 Å². The number of hydrogen-bond donors (Lipinski definition) is 18. The zero-order valence-electron chi connectivity index (χ0n) is 37.7. The molecule has 18 N–H and O–H groups in total. The van der Waals surface area contributed by atoms with Crippen molar-refractivity contribution in [2.75, 3.05) is 33.0 Å². The van der Waals surface area contributed by atoms with Gasteiger partial charge in [0.05, 0.1) is 39.1 Å². The Balaban J connectivity index is 1.29. The molecule has 31 heteroatoms. The first-order valence-electron chi connectivity index (χ1n) is 22.4. The Morgan fingerprint density at radius 3 is 1.59 bits per heavy atom. The first-order chi connectivity index (χ1) is 33.0. The van der Waals surface area contributed by atoms with Gasteiger partial charge in [-0.15, -0.1) is 0 Å². The second-order valence-corrected chi connectivity index (χ2v) is 17.8. The van der Waals surface area contributed by atoms with Crippen LogP contribution in [0, 0.1) is 0 Å². The Hall–Kier alpha value is -2.14. The third kappa shape index (κ3) is 12.3. The fourth-order valence-electron chi connectivity index (χ4n) is 8.86. The summed E-state index contributed by atoms with van der Waals surface area (Å²) >= 11 is 0. The summed E-state index contributed by atoms with van der Waals surface area (Å²) in [5.74, 6) is -1.60. The van der Waals surface area contributed by atoms with E-state index in [9.17, 15) is 91.3 Å². The number of rotatable bonds is 16. The van der Waals surface area contributed by atoms with Crippen LogP contribution in [0.5, 0.6) is 0 Å². The fraction of sp³-hybridized carbons (Fsp3) is 0.949. The SMILES string of the molecule is CC(=O)N[C@@H]1[C@@H](O[C@@H]2O[C@@H](C)[C@@H](O)[C@@H](O)[C@@H]2O)[C@H](O[C@@H]2O[C@H](CO)[C@@H](O[C@@H]3O[C@H](CO[C@H]4O[C@H](CO)[C@@H](O)[C@H](O)[C@@H]4O)[C@@H](O)[C@H](O)[C@@H]3O[C@H]3OC[C@@H](O)[C@H](O)[C@H]3O)[C@H](O)[C@H]2NC(C)=O)[C@@H](CO)O[C@H]1O. The molecule has 0 aliphatic carbocycles. The minimum atomic E-state index is -2.14. The van der Waals surface area contributed by atoms with Gasteiger partial charge in [-0.25, -0.2) is 0 Å². The molecule has 29 atom stereocenters. The third-order valence-electron chi connectivity index (χ3n) is 12.8. The fourth-order valence-corrected chi connectivity index (χ4v) is 8.86. The van der Waals surface area contributed by atoms with E-state index in [4.69, 9.17) is 52.1 Å². The molecule has 0 aromatic carbocycles. The highest BCUT2D eigenvalue weighted by molar-refractivity contribution is 5.73. The number of amides is 2. The third-order valence-corrected chi connectivity index (χ3v) is 12.8. The average Bonchev–Trinajstić information content (AvgIpc) is 3.32. The Morgan fingerprint density at radius 1 is 0.457 bits per heavy atom. The van der Waals surface area contributed by atoms with Crippen LogP contribution in [0.15, 0.2) is 0 Å². The number of hydrogen-bond acceptors (Lipinski definition) is 29. The summed E-state index contributed by atoms with van der Waals surface area (Å²) in [4.78, 5) is 25.2. The molecule has 6 aliphatic heterocycles. The molecule has 31 nitrogen and oxygen atoms in total. The Kier molecular flexibility index (Phi) is 20.0. The van der Waals surface area contributed by atoms with Crippen LogP contribution in [0.4, 0.5) is 0 Å². The van der Waals surface area contributed by atoms with E-state index < -0.39 is 223 Å². The van der Waals surface area contributed by atoms with Gasteiger partial charge in [-0.3, -0.25) is 9.59 Å². The topological polar surface area (TPSA) is 483 Å². The molecule has 0 radical (unpaired) electrons. The lowest BCUT2D eigenvalue weighted by Crippen LogP contribution is -2.71. The summed E-state index contributed by atoms with van der Waals surface area (Å²) in [5.41, 5.74) is 0. The molecule has 0 aromatic rings. The van der Waals surface area contributed by atoms with E-state index in [2.05, 4.69) is 10.6 Å². The standard InChI is InChI=1S/C39H66N2O29/c1-9-19(48)24(53)29(58)38(62-9)69-32-18(41-11(3)46)34(59)63-15(6-44)31(32)68-35-17(40-10(2)45)23(52)30(14(5-43)65-35)67-39-33(70-37-27(56)20(49)12(47)7-60-37)26(55)22(51)16(66-39)8-61-36-28(57)25(54)21(50)13(4-42)64-36/h9,12-39,42-44,47-59H,4-8H2,1-3H3,(H,40,45)(H,41,46)/t9-,12+,13+,14+,15+,16+,17+,18+,19+,20-,21+,22+,23+,24+,25-,26-,27+,28-,29-,30+,31+,32+,33-,34+,35-,36-,37+,38-,39-/m0/s1. The smallest absolute Gasteiger partial charge is 0.217 e. The van der Waals surface area contributed by atoms with Gasteiger partial charge >= 0.3 is 0 Å². The molecular formula is C39H66N2O29. The van der Waals surface area contributed by atoms with Gasteiger partial charge in [0.1, 0.15) is 134 Å². The normalized spacial score (nSPS) is 50.3. The molecule has 0 unspecified atom stereocenters. The molecule has 0 spiro atoms. The lowest BCUT2D eigenvalue weighted by molar-refractivity contribution is -0.389. The molecule has 6 fully saturated rings. The van der Waals surface area contributed by atoms with E-state index in [-0.39, 0.29) is 0 Å². The number of aliphatic hydroxyl groups is 16. The van der Waals surface area contributed by atoms with E-state index in [1.165, 1.54) is 6.92 Å². The van der Waals surface area contributed by atoms with Gasteiger partial charge in [-0.2, -0.15) is 0 Å². The van der Waals surface area contributed by atoms with Crippen molar-refractivity contribution >= 4 is 11.8 Å². The van der Waals surface area contributed by atoms with Crippen LogP contribution in [-0.2, 0) is 61.7 Å². The number of nitrogens with one attached hydrogen (secondary N) is 2. The van der Waals surface area contributed by atoms with Crippen molar-refractivity contribution in [2.45, 2.75) is 199 Å². The zero-order chi connectivity index (χ0) is 51.6. The molecule has 6 aliphatic rings. The zero-order valence-corrected chi connectivity index (χ0v) is 37.7. The first-order valence-corrected chi connectivity index (χ1v) is 22.4. The van der Waals surface area contributed by atoms with Crippen LogP contribution in [-0.4, -0.2) is 305 Å². The van der Waals surface area contributed by atoms with Crippen molar-refractivity contribution in [3.05, 3.63) is 0 Å². The van der Waals surface area contributed by atoms with Crippen molar-refractivity contribution in [3.8, 4) is 0 Å². The Labute approximate surface area is 397 Å². The quantitative estimate of drug-likeness (QED) is 0.0682. The first kappa shape index (κ1) is 57.1. The van der Waals surface area contributed by atoms with Crippen LogP contribution in [0.2, 0.25) is 0 Å². The van der Waals surface area contributed by atoms with E-state index in [0.717, 1.165) is 13.8 Å². The van der Waals surface area contributed by atoms with E-state index in [1.54, 1.807) is 0 Å². The predicted molar refractivity (Wildman–Crippen MR) is 215 cm³/mol. The van der Waals surface area contributed by atoms with Crippen LogP contribution < -0.4 is 10.6 Å². The largest absolute Gasteiger partial charge is 0.394 e. The van der Waals surface area contributed by atoms with Gasteiger partial charge in [-0.1, -0.05) is 0 Å². The second kappa shape index (κ2) is 24.5.